The summed E-state index contributed by atoms with van der Waals surface area (Å²) >= 11 is 9.26. The van der Waals surface area contributed by atoms with Crippen molar-refractivity contribution < 1.29 is 13.2 Å². The Morgan fingerprint density at radius 1 is 1.50 bits per heavy atom. The lowest BCUT2D eigenvalue weighted by atomic mass is 10.3. The van der Waals surface area contributed by atoms with Gasteiger partial charge in [-0.2, -0.15) is 4.31 Å². The van der Waals surface area contributed by atoms with E-state index in [4.69, 9.17) is 16.3 Å². The molecule has 0 unspecified atom stereocenters. The molecule has 5 nitrogen and oxygen atoms in total. The van der Waals surface area contributed by atoms with Crippen LogP contribution in [-0.4, -0.2) is 45.5 Å². The van der Waals surface area contributed by atoms with Gasteiger partial charge in [0.15, 0.2) is 5.75 Å². The monoisotopic (exact) mass is 382 g/mol. The zero-order valence-corrected chi connectivity index (χ0v) is 14.3. The molecule has 2 rings (SSSR count). The molecule has 1 aromatic rings. The number of nitrogens with one attached hydrogen (secondary N) is 1. The average molecular weight is 384 g/mol. The van der Waals surface area contributed by atoms with E-state index in [0.29, 0.717) is 29.1 Å². The summed E-state index contributed by atoms with van der Waals surface area (Å²) in [6.07, 6.45) is 0. The highest BCUT2D eigenvalue weighted by atomic mass is 79.9. The van der Waals surface area contributed by atoms with E-state index in [0.717, 1.165) is 0 Å². The van der Waals surface area contributed by atoms with E-state index < -0.39 is 10.0 Å². The molecule has 0 amide bonds. The van der Waals surface area contributed by atoms with Gasteiger partial charge in [-0.3, -0.25) is 0 Å². The van der Waals surface area contributed by atoms with Crippen LogP contribution in [0, 0.1) is 0 Å². The lowest BCUT2D eigenvalue weighted by Crippen LogP contribution is -2.52. The first-order chi connectivity index (χ1) is 9.37. The maximum atomic E-state index is 12.8. The van der Waals surface area contributed by atoms with E-state index in [1.54, 1.807) is 6.07 Å². The second-order valence-electron chi connectivity index (χ2n) is 4.59. The maximum absolute atomic E-state index is 12.8. The summed E-state index contributed by atoms with van der Waals surface area (Å²) in [6.45, 7) is 3.56. The second kappa shape index (κ2) is 6.19. The first-order valence-electron chi connectivity index (χ1n) is 6.13. The first-order valence-corrected chi connectivity index (χ1v) is 8.74. The number of ether oxygens (including phenoxy) is 1. The van der Waals surface area contributed by atoms with Crippen LogP contribution in [0.25, 0.3) is 0 Å². The van der Waals surface area contributed by atoms with Crippen molar-refractivity contribution in [3.05, 3.63) is 21.6 Å². The molecule has 1 atom stereocenters. The molecule has 0 bridgehead atoms. The van der Waals surface area contributed by atoms with Crippen LogP contribution in [0.15, 0.2) is 21.5 Å². The Kier molecular flexibility index (Phi) is 4.96. The van der Waals surface area contributed by atoms with Gasteiger partial charge in [0.1, 0.15) is 4.90 Å². The normalized spacial score (nSPS) is 20.9. The molecular formula is C12H16BrClN2O3S. The lowest BCUT2D eigenvalue weighted by molar-refractivity contribution is 0.282. The van der Waals surface area contributed by atoms with Crippen LogP contribution in [0.5, 0.6) is 5.75 Å². The molecule has 1 heterocycles. The topological polar surface area (TPSA) is 58.6 Å². The third-order valence-corrected chi connectivity index (χ3v) is 6.03. The molecule has 0 spiro atoms. The molecule has 1 aliphatic heterocycles. The van der Waals surface area contributed by atoms with Crippen LogP contribution < -0.4 is 10.1 Å². The predicted molar refractivity (Wildman–Crippen MR) is 81.9 cm³/mol. The van der Waals surface area contributed by atoms with Gasteiger partial charge >= 0.3 is 0 Å². The number of hydrogen-bond donors (Lipinski definition) is 1. The second-order valence-corrected chi connectivity index (χ2v) is 7.74. The largest absolute Gasteiger partial charge is 0.494 e. The van der Waals surface area contributed by atoms with E-state index in [-0.39, 0.29) is 16.7 Å². The van der Waals surface area contributed by atoms with Gasteiger partial charge in [0.05, 0.1) is 11.6 Å². The number of nitrogens with zero attached hydrogens (tertiary/aromatic N) is 1. The third kappa shape index (κ3) is 2.96. The summed E-state index contributed by atoms with van der Waals surface area (Å²) in [7, 11) is -2.21. The fourth-order valence-electron chi connectivity index (χ4n) is 2.23. The van der Waals surface area contributed by atoms with Crippen LogP contribution in [0.4, 0.5) is 0 Å². The molecule has 20 heavy (non-hydrogen) atoms. The number of rotatable bonds is 3. The summed E-state index contributed by atoms with van der Waals surface area (Å²) in [5.74, 6) is 0.278. The minimum Gasteiger partial charge on any atom is -0.494 e. The fourth-order valence-corrected chi connectivity index (χ4v) is 5.24. The Hall–Kier alpha value is -0.340. The molecule has 0 saturated carbocycles. The van der Waals surface area contributed by atoms with Gasteiger partial charge in [-0.1, -0.05) is 11.6 Å². The molecule has 8 heteroatoms. The van der Waals surface area contributed by atoms with Crippen molar-refractivity contribution in [2.24, 2.45) is 0 Å². The summed E-state index contributed by atoms with van der Waals surface area (Å²) in [6, 6.07) is 2.92. The Morgan fingerprint density at radius 2 is 2.20 bits per heavy atom. The van der Waals surface area contributed by atoms with Gasteiger partial charge < -0.3 is 10.1 Å². The van der Waals surface area contributed by atoms with Crippen molar-refractivity contribution >= 4 is 37.6 Å². The standard InChI is InChI=1S/C12H16BrClN2O3S/c1-8-7-15-3-4-16(8)20(17,18)11-6-9(14)5-10(13)12(11)19-2/h5-6,8,15H,3-4,7H2,1-2H3/t8-/m1/s1. The van der Waals surface area contributed by atoms with E-state index in [2.05, 4.69) is 21.2 Å². The van der Waals surface area contributed by atoms with Crippen molar-refractivity contribution in [1.29, 1.82) is 0 Å². The lowest BCUT2D eigenvalue weighted by Gasteiger charge is -2.33. The number of benzene rings is 1. The molecule has 1 aliphatic rings. The Morgan fingerprint density at radius 3 is 2.80 bits per heavy atom. The quantitative estimate of drug-likeness (QED) is 0.868. The van der Waals surface area contributed by atoms with E-state index in [1.807, 2.05) is 6.92 Å². The molecule has 1 fully saturated rings. The highest BCUT2D eigenvalue weighted by Crippen LogP contribution is 2.37. The third-order valence-electron chi connectivity index (χ3n) is 3.21. The minimum atomic E-state index is -3.65. The number of sulfonamides is 1. The van der Waals surface area contributed by atoms with E-state index >= 15 is 0 Å². The molecule has 0 aliphatic carbocycles. The maximum Gasteiger partial charge on any atom is 0.247 e. The van der Waals surface area contributed by atoms with Gasteiger partial charge in [-0.05, 0) is 35.0 Å². The van der Waals surface area contributed by atoms with Crippen molar-refractivity contribution in [3.63, 3.8) is 0 Å². The van der Waals surface area contributed by atoms with E-state index in [1.165, 1.54) is 17.5 Å². The van der Waals surface area contributed by atoms with Crippen molar-refractivity contribution in [1.82, 2.24) is 9.62 Å². The molecule has 1 saturated heterocycles. The SMILES string of the molecule is COc1c(Br)cc(Cl)cc1S(=O)(=O)N1CCNC[C@H]1C. The molecule has 112 valence electrons. The summed E-state index contributed by atoms with van der Waals surface area (Å²) in [5, 5.41) is 3.51. The minimum absolute atomic E-state index is 0.0909. The molecule has 1 N–H and O–H groups in total. The van der Waals surface area contributed by atoms with Gasteiger partial charge in [0.2, 0.25) is 10.0 Å². The van der Waals surface area contributed by atoms with Gasteiger partial charge in [0.25, 0.3) is 0 Å². The smallest absolute Gasteiger partial charge is 0.247 e. The molecule has 0 radical (unpaired) electrons. The van der Waals surface area contributed by atoms with Crippen molar-refractivity contribution in [3.8, 4) is 5.75 Å². The fraction of sp³-hybridized carbons (Fsp3) is 0.500. The number of hydrogen-bond acceptors (Lipinski definition) is 4. The van der Waals surface area contributed by atoms with Crippen LogP contribution in [0.2, 0.25) is 5.02 Å². The zero-order chi connectivity index (χ0) is 14.9. The number of halogens is 2. The van der Waals surface area contributed by atoms with Crippen LogP contribution >= 0.6 is 27.5 Å². The van der Waals surface area contributed by atoms with Crippen LogP contribution in [0.3, 0.4) is 0 Å². The summed E-state index contributed by atoms with van der Waals surface area (Å²) < 4.78 is 32.9. The van der Waals surface area contributed by atoms with Gasteiger partial charge in [0, 0.05) is 30.7 Å². The average Bonchev–Trinajstić information content (AvgIpc) is 2.38. The Balaban J connectivity index is 2.54. The van der Waals surface area contributed by atoms with Crippen LogP contribution in [-0.2, 0) is 10.0 Å². The van der Waals surface area contributed by atoms with E-state index in [9.17, 15) is 8.42 Å². The van der Waals surface area contributed by atoms with Gasteiger partial charge in [-0.15, -0.1) is 0 Å². The summed E-state index contributed by atoms with van der Waals surface area (Å²) in [5.41, 5.74) is 0. The molecular weight excluding hydrogens is 368 g/mol. The Bertz CT molecular complexity index is 609. The highest BCUT2D eigenvalue weighted by molar-refractivity contribution is 9.10. The Labute approximate surface area is 132 Å². The predicted octanol–water partition coefficient (Wildman–Crippen LogP) is 2.09. The van der Waals surface area contributed by atoms with Crippen molar-refractivity contribution in [2.45, 2.75) is 17.9 Å². The van der Waals surface area contributed by atoms with Crippen LogP contribution in [0.1, 0.15) is 6.92 Å². The number of methoxy groups -OCH3 is 1. The molecule has 1 aromatic carbocycles. The zero-order valence-electron chi connectivity index (χ0n) is 11.2. The van der Waals surface area contributed by atoms with Gasteiger partial charge in [-0.25, -0.2) is 8.42 Å². The first kappa shape index (κ1) is 16.0. The highest BCUT2D eigenvalue weighted by Gasteiger charge is 2.34. The number of piperazine rings is 1. The van der Waals surface area contributed by atoms with Crippen molar-refractivity contribution in [2.75, 3.05) is 26.7 Å². The molecule has 0 aromatic heterocycles. The summed E-state index contributed by atoms with van der Waals surface area (Å²) in [4.78, 5) is 0.0909.